The lowest BCUT2D eigenvalue weighted by molar-refractivity contribution is -0.172. The van der Waals surface area contributed by atoms with Crippen LogP contribution in [0.25, 0.3) is 0 Å². The minimum atomic E-state index is -1.26. The summed E-state index contributed by atoms with van der Waals surface area (Å²) in [6.45, 7) is 9.39. The third kappa shape index (κ3) is 4.89. The van der Waals surface area contributed by atoms with Crippen molar-refractivity contribution in [3.05, 3.63) is 24.8 Å². The summed E-state index contributed by atoms with van der Waals surface area (Å²) in [5, 5.41) is 0. The smallest absolute Gasteiger partial charge is 0.323 e. The van der Waals surface area contributed by atoms with Crippen LogP contribution in [0, 0.1) is 5.41 Å². The van der Waals surface area contributed by atoms with Crippen LogP contribution >= 0.6 is 0 Å². The van der Waals surface area contributed by atoms with Gasteiger partial charge in [0.15, 0.2) is 5.41 Å². The van der Waals surface area contributed by atoms with E-state index in [2.05, 4.69) is 6.58 Å². The Labute approximate surface area is 115 Å². The van der Waals surface area contributed by atoms with Gasteiger partial charge in [-0.3, -0.25) is 9.59 Å². The topological polar surface area (TPSA) is 52.6 Å². The fourth-order valence-electron chi connectivity index (χ4n) is 1.76. The van der Waals surface area contributed by atoms with Gasteiger partial charge >= 0.3 is 11.9 Å². The fraction of sp³-hybridized carbons (Fsp3) is 0.600. The molecule has 0 bridgehead atoms. The molecular formula is C15H24O4. The molecule has 0 saturated carbocycles. The monoisotopic (exact) mass is 268 g/mol. The van der Waals surface area contributed by atoms with Crippen molar-refractivity contribution < 1.29 is 19.1 Å². The third-order valence-corrected chi connectivity index (χ3v) is 2.81. The molecule has 0 aliphatic rings. The van der Waals surface area contributed by atoms with Crippen molar-refractivity contribution in [2.45, 2.75) is 40.0 Å². The van der Waals surface area contributed by atoms with Crippen LogP contribution in [0.1, 0.15) is 40.0 Å². The van der Waals surface area contributed by atoms with E-state index in [1.54, 1.807) is 32.1 Å². The zero-order valence-corrected chi connectivity index (χ0v) is 12.1. The molecule has 4 nitrogen and oxygen atoms in total. The maximum atomic E-state index is 12.2. The SMILES string of the molecule is C=CCCC(C/C=C/C)(C(=O)OCC)C(=O)OCC. The van der Waals surface area contributed by atoms with Gasteiger partial charge in [-0.2, -0.15) is 0 Å². The van der Waals surface area contributed by atoms with Gasteiger partial charge in [0.25, 0.3) is 0 Å². The highest BCUT2D eigenvalue weighted by Gasteiger charge is 2.47. The fourth-order valence-corrected chi connectivity index (χ4v) is 1.76. The second-order valence-corrected chi connectivity index (χ2v) is 4.12. The normalized spacial score (nSPS) is 11.3. The molecule has 0 N–H and O–H groups in total. The van der Waals surface area contributed by atoms with Gasteiger partial charge in [0.05, 0.1) is 13.2 Å². The van der Waals surface area contributed by atoms with Crippen LogP contribution in [0.5, 0.6) is 0 Å². The molecule has 0 aliphatic carbocycles. The number of carbonyl (C=O) groups excluding carboxylic acids is 2. The standard InChI is InChI=1S/C15H24O4/c1-5-9-11-15(12-10-6-2,13(16)18-7-3)14(17)19-8-4/h5-6,10H,1,7-9,11-12H2,2-4H3/b10-6+. The number of hydrogen-bond donors (Lipinski definition) is 0. The first-order valence-electron chi connectivity index (χ1n) is 6.65. The molecule has 0 saturated heterocycles. The third-order valence-electron chi connectivity index (χ3n) is 2.81. The maximum Gasteiger partial charge on any atom is 0.323 e. The molecular weight excluding hydrogens is 244 g/mol. The summed E-state index contributed by atoms with van der Waals surface area (Å²) in [5.74, 6) is -1.04. The number of hydrogen-bond acceptors (Lipinski definition) is 4. The van der Waals surface area contributed by atoms with Crippen molar-refractivity contribution in [2.24, 2.45) is 5.41 Å². The van der Waals surface area contributed by atoms with Crippen LogP contribution in [0.4, 0.5) is 0 Å². The van der Waals surface area contributed by atoms with Gasteiger partial charge in [0.1, 0.15) is 0 Å². The Kier molecular flexibility index (Phi) is 8.58. The molecule has 0 aromatic carbocycles. The van der Waals surface area contributed by atoms with Gasteiger partial charge in [0.2, 0.25) is 0 Å². The Balaban J connectivity index is 5.34. The molecule has 0 radical (unpaired) electrons. The molecule has 0 rings (SSSR count). The van der Waals surface area contributed by atoms with Crippen LogP contribution in [0.3, 0.4) is 0 Å². The molecule has 0 aromatic rings. The number of allylic oxidation sites excluding steroid dienone is 3. The van der Waals surface area contributed by atoms with Gasteiger partial charge in [-0.25, -0.2) is 0 Å². The molecule has 19 heavy (non-hydrogen) atoms. The predicted molar refractivity (Wildman–Crippen MR) is 74.6 cm³/mol. The van der Waals surface area contributed by atoms with Gasteiger partial charge < -0.3 is 9.47 Å². The molecule has 0 aliphatic heterocycles. The summed E-state index contributed by atoms with van der Waals surface area (Å²) < 4.78 is 10.1. The zero-order valence-electron chi connectivity index (χ0n) is 12.1. The van der Waals surface area contributed by atoms with Crippen LogP contribution in [-0.4, -0.2) is 25.2 Å². The molecule has 108 valence electrons. The largest absolute Gasteiger partial charge is 0.465 e. The van der Waals surface area contributed by atoms with Crippen molar-refractivity contribution in [3.63, 3.8) is 0 Å². The van der Waals surface area contributed by atoms with Crippen LogP contribution < -0.4 is 0 Å². The summed E-state index contributed by atoms with van der Waals surface area (Å²) in [6.07, 6.45) is 6.46. The van der Waals surface area contributed by atoms with Crippen molar-refractivity contribution >= 4 is 11.9 Å². The lowest BCUT2D eigenvalue weighted by atomic mass is 9.79. The zero-order chi connectivity index (χ0) is 14.7. The number of ether oxygens (including phenoxy) is 2. The minimum Gasteiger partial charge on any atom is -0.465 e. The van der Waals surface area contributed by atoms with Gasteiger partial charge in [-0.05, 0) is 40.0 Å². The van der Waals surface area contributed by atoms with Crippen molar-refractivity contribution in [2.75, 3.05) is 13.2 Å². The lowest BCUT2D eigenvalue weighted by Crippen LogP contribution is -2.41. The lowest BCUT2D eigenvalue weighted by Gasteiger charge is -2.27. The first kappa shape index (κ1) is 17.4. The Hall–Kier alpha value is -1.58. The molecule has 0 atom stereocenters. The van der Waals surface area contributed by atoms with Gasteiger partial charge in [0, 0.05) is 0 Å². The minimum absolute atomic E-state index is 0.240. The van der Waals surface area contributed by atoms with E-state index in [1.807, 2.05) is 6.92 Å². The van der Waals surface area contributed by atoms with Crippen molar-refractivity contribution in [1.82, 2.24) is 0 Å². The number of rotatable bonds is 9. The maximum absolute atomic E-state index is 12.2. The number of carbonyl (C=O) groups is 2. The molecule has 0 fully saturated rings. The Morgan fingerprint density at radius 1 is 1.16 bits per heavy atom. The molecule has 4 heteroatoms. The van der Waals surface area contributed by atoms with E-state index in [4.69, 9.17) is 9.47 Å². The van der Waals surface area contributed by atoms with E-state index in [0.29, 0.717) is 12.8 Å². The van der Waals surface area contributed by atoms with Gasteiger partial charge in [-0.15, -0.1) is 6.58 Å². The van der Waals surface area contributed by atoms with E-state index >= 15 is 0 Å². The van der Waals surface area contributed by atoms with Crippen LogP contribution in [0.2, 0.25) is 0 Å². The highest BCUT2D eigenvalue weighted by atomic mass is 16.6. The average Bonchev–Trinajstić information content (AvgIpc) is 2.40. The molecule has 0 aromatic heterocycles. The highest BCUT2D eigenvalue weighted by Crippen LogP contribution is 2.33. The quantitative estimate of drug-likeness (QED) is 0.366. The van der Waals surface area contributed by atoms with E-state index in [9.17, 15) is 9.59 Å². The molecule has 0 amide bonds. The van der Waals surface area contributed by atoms with E-state index in [-0.39, 0.29) is 19.6 Å². The first-order valence-corrected chi connectivity index (χ1v) is 6.65. The molecule has 0 spiro atoms. The summed E-state index contributed by atoms with van der Waals surface area (Å²) >= 11 is 0. The summed E-state index contributed by atoms with van der Waals surface area (Å²) in [5.41, 5.74) is -1.26. The Bertz CT molecular complexity index is 313. The van der Waals surface area contributed by atoms with E-state index in [1.165, 1.54) is 0 Å². The number of esters is 2. The predicted octanol–water partition coefficient (Wildman–Crippen LogP) is 3.03. The van der Waals surface area contributed by atoms with Crippen molar-refractivity contribution in [3.8, 4) is 0 Å². The summed E-state index contributed by atoms with van der Waals surface area (Å²) in [4.78, 5) is 24.4. The van der Waals surface area contributed by atoms with Crippen LogP contribution in [-0.2, 0) is 19.1 Å². The molecule has 0 heterocycles. The van der Waals surface area contributed by atoms with E-state index < -0.39 is 17.4 Å². The summed E-state index contributed by atoms with van der Waals surface area (Å²) in [6, 6.07) is 0. The average molecular weight is 268 g/mol. The Morgan fingerprint density at radius 3 is 2.05 bits per heavy atom. The molecule has 0 unspecified atom stereocenters. The second kappa shape index (κ2) is 9.36. The second-order valence-electron chi connectivity index (χ2n) is 4.12. The summed E-state index contributed by atoms with van der Waals surface area (Å²) in [7, 11) is 0. The highest BCUT2D eigenvalue weighted by molar-refractivity contribution is 6.00. The van der Waals surface area contributed by atoms with Crippen molar-refractivity contribution in [1.29, 1.82) is 0 Å². The van der Waals surface area contributed by atoms with Crippen LogP contribution in [0.15, 0.2) is 24.8 Å². The van der Waals surface area contributed by atoms with Gasteiger partial charge in [-0.1, -0.05) is 18.2 Å². The Morgan fingerprint density at radius 2 is 1.68 bits per heavy atom. The first-order chi connectivity index (χ1) is 9.08. The van der Waals surface area contributed by atoms with E-state index in [0.717, 1.165) is 0 Å².